The Morgan fingerprint density at radius 1 is 1.29 bits per heavy atom. The van der Waals surface area contributed by atoms with Gasteiger partial charge in [0.05, 0.1) is 16.2 Å². The van der Waals surface area contributed by atoms with Crippen LogP contribution in [0.3, 0.4) is 0 Å². The van der Waals surface area contributed by atoms with Crippen molar-refractivity contribution in [2.45, 2.75) is 19.8 Å². The molecule has 0 spiro atoms. The van der Waals surface area contributed by atoms with Gasteiger partial charge in [0.2, 0.25) is 0 Å². The summed E-state index contributed by atoms with van der Waals surface area (Å²) in [6.07, 6.45) is 1.75. The van der Waals surface area contributed by atoms with E-state index in [-0.39, 0.29) is 11.3 Å². The topological polar surface area (TPSA) is 92.6 Å². The molecule has 0 aliphatic carbocycles. The van der Waals surface area contributed by atoms with Gasteiger partial charge in [-0.1, -0.05) is 6.92 Å². The number of carbonyl (C=O) groups excluding carboxylic acids is 2. The summed E-state index contributed by atoms with van der Waals surface area (Å²) in [5.41, 5.74) is 0.406. The SMILES string of the molecule is CCCNCCCN1C(=O)C(=O)c2cc([N+](=O)[O-])ccc21. The number of nitrogens with zero attached hydrogens (tertiary/aromatic N) is 2. The van der Waals surface area contributed by atoms with Gasteiger partial charge >= 0.3 is 0 Å². The first-order chi connectivity index (χ1) is 10.1. The molecule has 0 saturated heterocycles. The second-order valence-corrected chi connectivity index (χ2v) is 4.85. The van der Waals surface area contributed by atoms with Crippen molar-refractivity contribution in [2.75, 3.05) is 24.5 Å². The third-order valence-electron chi connectivity index (χ3n) is 3.33. The number of ketones is 1. The van der Waals surface area contributed by atoms with Crippen LogP contribution < -0.4 is 10.2 Å². The summed E-state index contributed by atoms with van der Waals surface area (Å²) in [5.74, 6) is -1.28. The molecule has 0 saturated carbocycles. The highest BCUT2D eigenvalue weighted by atomic mass is 16.6. The average molecular weight is 291 g/mol. The Bertz CT molecular complexity index is 586. The highest BCUT2D eigenvalue weighted by Gasteiger charge is 2.36. The van der Waals surface area contributed by atoms with Crippen LogP contribution in [0.15, 0.2) is 18.2 Å². The number of anilines is 1. The van der Waals surface area contributed by atoms with Gasteiger partial charge in [-0.25, -0.2) is 0 Å². The molecule has 1 aromatic carbocycles. The van der Waals surface area contributed by atoms with Crippen molar-refractivity contribution in [1.82, 2.24) is 5.32 Å². The number of Topliss-reactive ketones (excluding diaryl/α,β-unsaturated/α-hetero) is 1. The lowest BCUT2D eigenvalue weighted by Gasteiger charge is -2.16. The molecule has 1 aliphatic heterocycles. The molecule has 1 heterocycles. The van der Waals surface area contributed by atoms with Crippen LogP contribution in [0.4, 0.5) is 11.4 Å². The number of hydrogen-bond donors (Lipinski definition) is 1. The quantitative estimate of drug-likeness (QED) is 0.356. The van der Waals surface area contributed by atoms with E-state index in [1.54, 1.807) is 0 Å². The van der Waals surface area contributed by atoms with Crippen LogP contribution in [0.1, 0.15) is 30.1 Å². The van der Waals surface area contributed by atoms with Crippen molar-refractivity contribution in [3.8, 4) is 0 Å². The third-order valence-corrected chi connectivity index (χ3v) is 3.33. The number of non-ortho nitro benzene ring substituents is 1. The van der Waals surface area contributed by atoms with Crippen LogP contribution in [0.5, 0.6) is 0 Å². The number of nitrogens with one attached hydrogen (secondary N) is 1. The van der Waals surface area contributed by atoms with Gasteiger partial charge in [0.1, 0.15) is 0 Å². The van der Waals surface area contributed by atoms with Gasteiger partial charge in [-0.15, -0.1) is 0 Å². The maximum atomic E-state index is 11.9. The van der Waals surface area contributed by atoms with E-state index in [0.29, 0.717) is 12.2 Å². The molecule has 2 rings (SSSR count). The molecular weight excluding hydrogens is 274 g/mol. The number of amides is 1. The average Bonchev–Trinajstić information content (AvgIpc) is 2.71. The first-order valence-corrected chi connectivity index (χ1v) is 6.91. The van der Waals surface area contributed by atoms with E-state index >= 15 is 0 Å². The van der Waals surface area contributed by atoms with Gasteiger partial charge in [-0.05, 0) is 32.0 Å². The standard InChI is InChI=1S/C14H17N3O4/c1-2-6-15-7-3-8-16-12-5-4-10(17(20)21)9-11(12)13(18)14(16)19/h4-5,9,15H,2-3,6-8H2,1H3. The van der Waals surface area contributed by atoms with Crippen LogP contribution in [0, 0.1) is 10.1 Å². The Morgan fingerprint density at radius 2 is 2.05 bits per heavy atom. The normalized spacial score (nSPS) is 13.7. The molecule has 0 unspecified atom stereocenters. The fraction of sp³-hybridized carbons (Fsp3) is 0.429. The molecule has 112 valence electrons. The summed E-state index contributed by atoms with van der Waals surface area (Å²) in [5, 5.41) is 14.0. The fourth-order valence-corrected chi connectivity index (χ4v) is 2.29. The molecular formula is C14H17N3O4. The predicted molar refractivity (Wildman–Crippen MR) is 77.6 cm³/mol. The number of hydrogen-bond acceptors (Lipinski definition) is 5. The van der Waals surface area contributed by atoms with Crippen molar-refractivity contribution in [1.29, 1.82) is 0 Å². The summed E-state index contributed by atoms with van der Waals surface area (Å²) < 4.78 is 0. The van der Waals surface area contributed by atoms with Gasteiger partial charge in [-0.2, -0.15) is 0 Å². The predicted octanol–water partition coefficient (Wildman–Crippen LogP) is 1.51. The lowest BCUT2D eigenvalue weighted by atomic mass is 10.1. The summed E-state index contributed by atoms with van der Waals surface area (Å²) in [6, 6.07) is 3.95. The first kappa shape index (κ1) is 15.1. The number of nitro groups is 1. The van der Waals surface area contributed by atoms with Crippen molar-refractivity contribution in [3.63, 3.8) is 0 Å². The Kier molecular flexibility index (Phi) is 4.64. The van der Waals surface area contributed by atoms with Gasteiger partial charge in [0, 0.05) is 18.7 Å². The molecule has 0 radical (unpaired) electrons. The lowest BCUT2D eigenvalue weighted by molar-refractivity contribution is -0.384. The largest absolute Gasteiger partial charge is 0.317 e. The number of rotatable bonds is 7. The molecule has 7 heteroatoms. The zero-order chi connectivity index (χ0) is 15.4. The Labute approximate surface area is 122 Å². The van der Waals surface area contributed by atoms with Crippen LogP contribution in [0.2, 0.25) is 0 Å². The highest BCUT2D eigenvalue weighted by molar-refractivity contribution is 6.52. The zero-order valence-electron chi connectivity index (χ0n) is 11.8. The molecule has 21 heavy (non-hydrogen) atoms. The summed E-state index contributed by atoms with van der Waals surface area (Å²) in [7, 11) is 0. The molecule has 1 aromatic rings. The Morgan fingerprint density at radius 3 is 2.71 bits per heavy atom. The first-order valence-electron chi connectivity index (χ1n) is 6.91. The number of nitro benzene ring substituents is 1. The van der Waals surface area contributed by atoms with Gasteiger partial charge in [-0.3, -0.25) is 19.7 Å². The smallest absolute Gasteiger partial charge is 0.299 e. The number of carbonyl (C=O) groups is 2. The van der Waals surface area contributed by atoms with Crippen LogP contribution in [-0.4, -0.2) is 36.2 Å². The highest BCUT2D eigenvalue weighted by Crippen LogP contribution is 2.31. The van der Waals surface area contributed by atoms with Crippen LogP contribution >= 0.6 is 0 Å². The number of fused-ring (bicyclic) bond motifs is 1. The molecule has 1 amide bonds. The molecule has 1 N–H and O–H groups in total. The maximum Gasteiger partial charge on any atom is 0.299 e. The van der Waals surface area contributed by atoms with E-state index in [0.717, 1.165) is 25.9 Å². The maximum absolute atomic E-state index is 11.9. The molecule has 0 bridgehead atoms. The molecule has 1 aliphatic rings. The Hall–Kier alpha value is -2.28. The van der Waals surface area contributed by atoms with E-state index in [2.05, 4.69) is 12.2 Å². The third kappa shape index (κ3) is 3.08. The fourth-order valence-electron chi connectivity index (χ4n) is 2.29. The van der Waals surface area contributed by atoms with E-state index < -0.39 is 16.6 Å². The minimum atomic E-state index is -0.671. The number of benzene rings is 1. The van der Waals surface area contributed by atoms with Crippen LogP contribution in [-0.2, 0) is 4.79 Å². The van der Waals surface area contributed by atoms with Crippen molar-refractivity contribution in [2.24, 2.45) is 0 Å². The molecule has 0 atom stereocenters. The molecule has 0 aromatic heterocycles. The van der Waals surface area contributed by atoms with Crippen molar-refractivity contribution < 1.29 is 14.5 Å². The van der Waals surface area contributed by atoms with E-state index in [9.17, 15) is 19.7 Å². The minimum Gasteiger partial charge on any atom is -0.317 e. The second-order valence-electron chi connectivity index (χ2n) is 4.85. The van der Waals surface area contributed by atoms with E-state index in [4.69, 9.17) is 0 Å². The van der Waals surface area contributed by atoms with E-state index in [1.165, 1.54) is 23.1 Å². The minimum absolute atomic E-state index is 0.121. The van der Waals surface area contributed by atoms with E-state index in [1.807, 2.05) is 0 Å². The van der Waals surface area contributed by atoms with Crippen LogP contribution in [0.25, 0.3) is 0 Å². The van der Waals surface area contributed by atoms with Crippen molar-refractivity contribution in [3.05, 3.63) is 33.9 Å². The van der Waals surface area contributed by atoms with Crippen molar-refractivity contribution >= 4 is 23.1 Å². The second kappa shape index (κ2) is 6.45. The zero-order valence-corrected chi connectivity index (χ0v) is 11.8. The lowest BCUT2D eigenvalue weighted by Crippen LogP contribution is -2.32. The summed E-state index contributed by atoms with van der Waals surface area (Å²) >= 11 is 0. The van der Waals surface area contributed by atoms with Gasteiger partial charge in [0.15, 0.2) is 0 Å². The molecule has 0 fully saturated rings. The summed E-state index contributed by atoms with van der Waals surface area (Å²) in [4.78, 5) is 35.4. The Balaban J connectivity index is 2.10. The van der Waals surface area contributed by atoms with Gasteiger partial charge < -0.3 is 10.2 Å². The molecule has 7 nitrogen and oxygen atoms in total. The van der Waals surface area contributed by atoms with Gasteiger partial charge in [0.25, 0.3) is 17.4 Å². The monoisotopic (exact) mass is 291 g/mol. The summed E-state index contributed by atoms with van der Waals surface area (Å²) in [6.45, 7) is 4.16.